The number of hydrogen-bond acceptors (Lipinski definition) is 3. The number of ether oxygens (including phenoxy) is 1. The first-order chi connectivity index (χ1) is 9.29. The van der Waals surface area contributed by atoms with Gasteiger partial charge in [-0.25, -0.2) is 12.8 Å². The van der Waals surface area contributed by atoms with Gasteiger partial charge in [-0.15, -0.1) is 0 Å². The van der Waals surface area contributed by atoms with E-state index in [1.807, 2.05) is 0 Å². The van der Waals surface area contributed by atoms with Crippen molar-refractivity contribution >= 4 is 47.3 Å². The summed E-state index contributed by atoms with van der Waals surface area (Å²) in [6.45, 7) is 0. The molecule has 2 aromatic carbocycles. The molecule has 0 aromatic heterocycles. The summed E-state index contributed by atoms with van der Waals surface area (Å²) in [5.41, 5.74) is 0. The van der Waals surface area contributed by atoms with E-state index >= 15 is 0 Å². The highest BCUT2D eigenvalue weighted by Gasteiger charge is 2.14. The van der Waals surface area contributed by atoms with Gasteiger partial charge in [0, 0.05) is 10.7 Å². The molecule has 2 rings (SSSR count). The fourth-order valence-corrected chi connectivity index (χ4v) is 2.95. The van der Waals surface area contributed by atoms with E-state index in [9.17, 15) is 12.8 Å². The molecule has 0 heterocycles. The Morgan fingerprint density at radius 2 is 1.85 bits per heavy atom. The summed E-state index contributed by atoms with van der Waals surface area (Å²) in [5, 5.41) is -0.0708. The molecule has 0 saturated heterocycles. The molecule has 0 fully saturated rings. The third-order valence-corrected chi connectivity index (χ3v) is 4.58. The molecule has 0 N–H and O–H groups in total. The van der Waals surface area contributed by atoms with Crippen LogP contribution in [0.3, 0.4) is 0 Å². The van der Waals surface area contributed by atoms with E-state index in [0.29, 0.717) is 4.47 Å². The average molecular weight is 400 g/mol. The molecular formula is C12H6BrCl2FO3S. The highest BCUT2D eigenvalue weighted by atomic mass is 79.9. The topological polar surface area (TPSA) is 43.4 Å². The SMILES string of the molecule is O=S(=O)(Cl)c1ccc(Oc2cccc(Cl)c2F)c(Br)c1. The smallest absolute Gasteiger partial charge is 0.261 e. The van der Waals surface area contributed by atoms with Gasteiger partial charge >= 0.3 is 0 Å². The largest absolute Gasteiger partial charge is 0.453 e. The van der Waals surface area contributed by atoms with Crippen molar-refractivity contribution in [3.63, 3.8) is 0 Å². The summed E-state index contributed by atoms with van der Waals surface area (Å²) in [6.07, 6.45) is 0. The van der Waals surface area contributed by atoms with Crippen LogP contribution in [-0.2, 0) is 9.05 Å². The predicted molar refractivity (Wildman–Crippen MR) is 78.7 cm³/mol. The minimum atomic E-state index is -3.84. The fraction of sp³-hybridized carbons (Fsp3) is 0. The van der Waals surface area contributed by atoms with E-state index in [0.717, 1.165) is 0 Å². The molecule has 0 aliphatic heterocycles. The first kappa shape index (κ1) is 15.6. The minimum Gasteiger partial charge on any atom is -0.453 e. The Morgan fingerprint density at radius 3 is 2.45 bits per heavy atom. The van der Waals surface area contributed by atoms with Gasteiger partial charge in [0.25, 0.3) is 9.05 Å². The van der Waals surface area contributed by atoms with Crippen LogP contribution in [0.1, 0.15) is 0 Å². The number of hydrogen-bond donors (Lipinski definition) is 0. The summed E-state index contributed by atoms with van der Waals surface area (Å²) < 4.78 is 41.7. The normalized spacial score (nSPS) is 11.4. The zero-order valence-corrected chi connectivity index (χ0v) is 13.5. The maximum absolute atomic E-state index is 13.7. The van der Waals surface area contributed by atoms with Crippen LogP contribution in [0, 0.1) is 5.82 Å². The summed E-state index contributed by atoms with van der Waals surface area (Å²) >= 11 is 8.78. The molecule has 2 aromatic rings. The van der Waals surface area contributed by atoms with Crippen LogP contribution in [0.25, 0.3) is 0 Å². The Bertz CT molecular complexity index is 765. The van der Waals surface area contributed by atoms with Crippen LogP contribution >= 0.6 is 38.2 Å². The lowest BCUT2D eigenvalue weighted by Crippen LogP contribution is -1.93. The number of benzene rings is 2. The van der Waals surface area contributed by atoms with Crippen molar-refractivity contribution in [2.75, 3.05) is 0 Å². The third-order valence-electron chi connectivity index (χ3n) is 2.32. The first-order valence-electron chi connectivity index (χ1n) is 5.15. The zero-order chi connectivity index (χ0) is 14.9. The van der Waals surface area contributed by atoms with Crippen molar-refractivity contribution in [2.24, 2.45) is 0 Å². The van der Waals surface area contributed by atoms with E-state index in [1.54, 1.807) is 0 Å². The molecule has 8 heteroatoms. The van der Waals surface area contributed by atoms with Crippen LogP contribution in [0.5, 0.6) is 11.5 Å². The maximum Gasteiger partial charge on any atom is 0.261 e. The van der Waals surface area contributed by atoms with Crippen molar-refractivity contribution in [3.8, 4) is 11.5 Å². The van der Waals surface area contributed by atoms with Crippen LogP contribution in [0.4, 0.5) is 4.39 Å². The molecule has 0 aliphatic rings. The zero-order valence-electron chi connectivity index (χ0n) is 9.61. The van der Waals surface area contributed by atoms with E-state index < -0.39 is 14.9 Å². The summed E-state index contributed by atoms with van der Waals surface area (Å²) in [5.74, 6) is -0.537. The van der Waals surface area contributed by atoms with Crippen molar-refractivity contribution < 1.29 is 17.5 Å². The molecule has 0 saturated carbocycles. The third kappa shape index (κ3) is 3.44. The van der Waals surface area contributed by atoms with Crippen molar-refractivity contribution in [1.82, 2.24) is 0 Å². The molecule has 0 amide bonds. The molecule has 0 unspecified atom stereocenters. The van der Waals surface area contributed by atoms with Crippen LogP contribution in [0.2, 0.25) is 5.02 Å². The van der Waals surface area contributed by atoms with Gasteiger partial charge in [-0.05, 0) is 46.3 Å². The fourth-order valence-electron chi connectivity index (χ4n) is 1.40. The second-order valence-electron chi connectivity index (χ2n) is 3.68. The van der Waals surface area contributed by atoms with E-state index in [2.05, 4.69) is 15.9 Å². The standard InChI is InChI=1S/C12H6BrCl2FO3S/c13-8-6-7(20(15,17)18)4-5-10(8)19-11-3-1-2-9(14)12(11)16/h1-6H. The Hall–Kier alpha value is -0.820. The molecule has 0 bridgehead atoms. The van der Waals surface area contributed by atoms with Crippen LogP contribution in [-0.4, -0.2) is 8.42 Å². The molecule has 0 aliphatic carbocycles. The first-order valence-corrected chi connectivity index (χ1v) is 8.63. The monoisotopic (exact) mass is 398 g/mol. The van der Waals surface area contributed by atoms with Gasteiger partial charge in [0.15, 0.2) is 11.6 Å². The van der Waals surface area contributed by atoms with Gasteiger partial charge in [0.05, 0.1) is 14.4 Å². The quantitative estimate of drug-likeness (QED) is 0.685. The molecule has 106 valence electrons. The Balaban J connectivity index is 2.38. The van der Waals surface area contributed by atoms with Crippen LogP contribution in [0.15, 0.2) is 45.8 Å². The highest BCUT2D eigenvalue weighted by molar-refractivity contribution is 9.10. The summed E-state index contributed by atoms with van der Waals surface area (Å²) in [4.78, 5) is -0.0926. The lowest BCUT2D eigenvalue weighted by molar-refractivity contribution is 0.440. The van der Waals surface area contributed by atoms with Crippen LogP contribution < -0.4 is 4.74 Å². The molecule has 20 heavy (non-hydrogen) atoms. The van der Waals surface area contributed by atoms with Gasteiger partial charge < -0.3 is 4.74 Å². The number of halogens is 4. The highest BCUT2D eigenvalue weighted by Crippen LogP contribution is 2.34. The molecular weight excluding hydrogens is 394 g/mol. The number of rotatable bonds is 3. The summed E-state index contributed by atoms with van der Waals surface area (Å²) in [6, 6.07) is 8.21. The minimum absolute atomic E-state index is 0.0697. The molecule has 0 spiro atoms. The average Bonchev–Trinajstić information content (AvgIpc) is 2.36. The molecule has 3 nitrogen and oxygen atoms in total. The molecule has 0 radical (unpaired) electrons. The van der Waals surface area contributed by atoms with Gasteiger partial charge in [0.1, 0.15) is 5.75 Å². The predicted octanol–water partition coefficient (Wildman–Crippen LogP) is 4.96. The van der Waals surface area contributed by atoms with E-state index in [4.69, 9.17) is 27.0 Å². The van der Waals surface area contributed by atoms with Crippen molar-refractivity contribution in [1.29, 1.82) is 0 Å². The lowest BCUT2D eigenvalue weighted by Gasteiger charge is -2.09. The molecule has 0 atom stereocenters. The van der Waals surface area contributed by atoms with Crippen molar-refractivity contribution in [3.05, 3.63) is 51.7 Å². The van der Waals surface area contributed by atoms with Gasteiger partial charge in [0.2, 0.25) is 0 Å². The van der Waals surface area contributed by atoms with Gasteiger partial charge in [-0.2, -0.15) is 0 Å². The second-order valence-corrected chi connectivity index (χ2v) is 7.51. The maximum atomic E-state index is 13.7. The van der Waals surface area contributed by atoms with E-state index in [1.165, 1.54) is 36.4 Å². The second kappa shape index (κ2) is 5.89. The van der Waals surface area contributed by atoms with Gasteiger partial charge in [-0.3, -0.25) is 0 Å². The lowest BCUT2D eigenvalue weighted by atomic mass is 10.3. The Labute approximate surface area is 132 Å². The Kier molecular flexibility index (Phi) is 4.59. The Morgan fingerprint density at radius 1 is 1.15 bits per heavy atom. The van der Waals surface area contributed by atoms with Gasteiger partial charge in [-0.1, -0.05) is 17.7 Å². The summed E-state index contributed by atoms with van der Waals surface area (Å²) in [7, 11) is 1.38. The van der Waals surface area contributed by atoms with E-state index in [-0.39, 0.29) is 21.4 Å². The van der Waals surface area contributed by atoms with Crippen molar-refractivity contribution in [2.45, 2.75) is 4.90 Å².